The lowest BCUT2D eigenvalue weighted by atomic mass is 10.2. The predicted molar refractivity (Wildman–Crippen MR) is 103 cm³/mol. The van der Waals surface area contributed by atoms with Crippen LogP contribution in [-0.4, -0.2) is 71.4 Å². The van der Waals surface area contributed by atoms with Crippen molar-refractivity contribution >= 4 is 27.5 Å². The van der Waals surface area contributed by atoms with Crippen molar-refractivity contribution in [3.8, 4) is 0 Å². The van der Waals surface area contributed by atoms with E-state index in [4.69, 9.17) is 0 Å². The highest BCUT2D eigenvalue weighted by atomic mass is 32.1. The molecule has 5 nitrogen and oxygen atoms in total. The maximum atomic E-state index is 12.9. The maximum Gasteiger partial charge on any atom is 0.270 e. The molecule has 0 aliphatic carbocycles. The number of piperazine rings is 1. The second-order valence-corrected chi connectivity index (χ2v) is 8.53. The van der Waals surface area contributed by atoms with Gasteiger partial charge in [-0.3, -0.25) is 9.69 Å². The van der Waals surface area contributed by atoms with Gasteiger partial charge in [-0.2, -0.15) is 0 Å². The van der Waals surface area contributed by atoms with Crippen LogP contribution in [0.25, 0.3) is 10.2 Å². The molecule has 4 heterocycles. The van der Waals surface area contributed by atoms with E-state index in [1.165, 1.54) is 46.6 Å². The van der Waals surface area contributed by atoms with E-state index >= 15 is 0 Å². The topological polar surface area (TPSA) is 42.6 Å². The zero-order chi connectivity index (χ0) is 17.4. The van der Waals surface area contributed by atoms with Gasteiger partial charge in [0.25, 0.3) is 5.91 Å². The molecule has 2 fully saturated rings. The van der Waals surface area contributed by atoms with Crippen LogP contribution in [0.2, 0.25) is 0 Å². The van der Waals surface area contributed by atoms with Crippen LogP contribution in [0.5, 0.6) is 0 Å². The Morgan fingerprint density at radius 1 is 1.12 bits per heavy atom. The van der Waals surface area contributed by atoms with Gasteiger partial charge in [0.15, 0.2) is 0 Å². The van der Waals surface area contributed by atoms with Crippen LogP contribution < -0.4 is 0 Å². The quantitative estimate of drug-likeness (QED) is 0.912. The van der Waals surface area contributed by atoms with Gasteiger partial charge in [0.1, 0.15) is 5.69 Å². The van der Waals surface area contributed by atoms with Crippen molar-refractivity contribution in [1.29, 1.82) is 0 Å². The highest BCUT2D eigenvalue weighted by molar-refractivity contribution is 7.19. The number of aromatic nitrogens is 1. The molecule has 2 aliphatic heterocycles. The van der Waals surface area contributed by atoms with Gasteiger partial charge in [-0.05, 0) is 45.5 Å². The molecule has 136 valence electrons. The highest BCUT2D eigenvalue weighted by Gasteiger charge is 2.24. The molecule has 1 N–H and O–H groups in total. The number of likely N-dealkylation sites (tertiary alicyclic amines) is 1. The first-order valence-electron chi connectivity index (χ1n) is 9.50. The number of hydrogen-bond donors (Lipinski definition) is 1. The number of H-pyrrole nitrogens is 1. The fraction of sp³-hybridized carbons (Fsp3) is 0.632. The largest absolute Gasteiger partial charge is 0.350 e. The number of nitrogens with zero attached hydrogens (tertiary/aromatic N) is 3. The molecule has 0 aromatic carbocycles. The Hall–Kier alpha value is -1.37. The third kappa shape index (κ3) is 3.35. The van der Waals surface area contributed by atoms with Crippen LogP contribution in [0.3, 0.4) is 0 Å². The Balaban J connectivity index is 1.53. The van der Waals surface area contributed by atoms with Crippen LogP contribution >= 0.6 is 11.3 Å². The Kier molecular flexibility index (Phi) is 4.84. The van der Waals surface area contributed by atoms with Crippen molar-refractivity contribution in [3.05, 3.63) is 22.2 Å². The number of amides is 1. The van der Waals surface area contributed by atoms with E-state index in [9.17, 15) is 4.79 Å². The van der Waals surface area contributed by atoms with Crippen molar-refractivity contribution in [1.82, 2.24) is 19.7 Å². The van der Waals surface area contributed by atoms with Gasteiger partial charge in [-0.1, -0.05) is 6.92 Å². The average molecular weight is 361 g/mol. The fourth-order valence-electron chi connectivity index (χ4n) is 4.05. The smallest absolute Gasteiger partial charge is 0.270 e. The molecule has 0 atom stereocenters. The summed E-state index contributed by atoms with van der Waals surface area (Å²) in [7, 11) is 0. The molecule has 0 radical (unpaired) electrons. The molecule has 2 aliphatic rings. The van der Waals surface area contributed by atoms with Gasteiger partial charge in [0, 0.05) is 43.2 Å². The van der Waals surface area contributed by atoms with Crippen LogP contribution in [0.15, 0.2) is 6.07 Å². The van der Waals surface area contributed by atoms with Crippen molar-refractivity contribution in [2.45, 2.75) is 33.2 Å². The van der Waals surface area contributed by atoms with Crippen LogP contribution in [0.1, 0.15) is 40.7 Å². The number of hydrogen-bond acceptors (Lipinski definition) is 4. The first-order chi connectivity index (χ1) is 12.2. The molecular formula is C19H28N4OS. The Bertz CT molecular complexity index is 751. The molecule has 2 aromatic rings. The summed E-state index contributed by atoms with van der Waals surface area (Å²) in [6.45, 7) is 12.5. The summed E-state index contributed by atoms with van der Waals surface area (Å²) in [6, 6.07) is 2.06. The molecule has 0 spiro atoms. The summed E-state index contributed by atoms with van der Waals surface area (Å²) in [5, 5.41) is 0. The maximum absolute atomic E-state index is 12.9. The monoisotopic (exact) mass is 360 g/mol. The first kappa shape index (κ1) is 17.1. The van der Waals surface area contributed by atoms with E-state index in [1.54, 1.807) is 0 Å². The summed E-state index contributed by atoms with van der Waals surface area (Å²) in [4.78, 5) is 24.6. The van der Waals surface area contributed by atoms with Gasteiger partial charge in [0.05, 0.1) is 10.2 Å². The Labute approximate surface area is 153 Å². The number of aryl methyl sites for hydroxylation is 1. The summed E-state index contributed by atoms with van der Waals surface area (Å²) in [5.41, 5.74) is 3.33. The molecule has 0 bridgehead atoms. The van der Waals surface area contributed by atoms with Crippen molar-refractivity contribution in [3.63, 3.8) is 0 Å². The zero-order valence-corrected chi connectivity index (χ0v) is 16.1. The van der Waals surface area contributed by atoms with Gasteiger partial charge >= 0.3 is 0 Å². The minimum atomic E-state index is 0.156. The minimum absolute atomic E-state index is 0.156. The second kappa shape index (κ2) is 7.09. The first-order valence-corrected chi connectivity index (χ1v) is 10.3. The summed E-state index contributed by atoms with van der Waals surface area (Å²) < 4.78 is 1.22. The molecule has 25 heavy (non-hydrogen) atoms. The van der Waals surface area contributed by atoms with Crippen LogP contribution in [0, 0.1) is 6.92 Å². The average Bonchev–Trinajstić information content (AvgIpc) is 3.33. The van der Waals surface area contributed by atoms with Crippen LogP contribution in [-0.2, 0) is 6.54 Å². The van der Waals surface area contributed by atoms with E-state index in [2.05, 4.69) is 34.7 Å². The molecular weight excluding hydrogens is 332 g/mol. The lowest BCUT2D eigenvalue weighted by molar-refractivity contribution is 0.0638. The van der Waals surface area contributed by atoms with E-state index < -0.39 is 0 Å². The minimum Gasteiger partial charge on any atom is -0.350 e. The zero-order valence-electron chi connectivity index (χ0n) is 15.3. The lowest BCUT2D eigenvalue weighted by Gasteiger charge is -2.33. The summed E-state index contributed by atoms with van der Waals surface area (Å²) in [5.74, 6) is 0.156. The Morgan fingerprint density at radius 3 is 2.52 bits per heavy atom. The van der Waals surface area contributed by atoms with Gasteiger partial charge < -0.3 is 14.8 Å². The fourth-order valence-corrected chi connectivity index (χ4v) is 5.12. The molecule has 2 saturated heterocycles. The third-order valence-electron chi connectivity index (χ3n) is 5.69. The van der Waals surface area contributed by atoms with E-state index in [0.29, 0.717) is 0 Å². The van der Waals surface area contributed by atoms with Gasteiger partial charge in [-0.15, -0.1) is 11.3 Å². The van der Waals surface area contributed by atoms with Gasteiger partial charge in [-0.25, -0.2) is 0 Å². The lowest BCUT2D eigenvalue weighted by Crippen LogP contribution is -2.48. The molecule has 0 unspecified atom stereocenters. The summed E-state index contributed by atoms with van der Waals surface area (Å²) in [6.07, 6.45) is 2.62. The predicted octanol–water partition coefficient (Wildman–Crippen LogP) is 2.91. The van der Waals surface area contributed by atoms with Crippen LogP contribution in [0.4, 0.5) is 0 Å². The Morgan fingerprint density at radius 2 is 1.84 bits per heavy atom. The van der Waals surface area contributed by atoms with E-state index in [1.807, 2.05) is 16.2 Å². The number of nitrogens with one attached hydrogen (secondary N) is 1. The molecule has 6 heteroatoms. The number of thiophene rings is 1. The van der Waals surface area contributed by atoms with E-state index in [-0.39, 0.29) is 5.91 Å². The normalized spacial score (nSPS) is 20.0. The van der Waals surface area contributed by atoms with E-state index in [0.717, 1.165) is 45.0 Å². The number of fused-ring (bicyclic) bond motifs is 1. The molecule has 2 aromatic heterocycles. The SMILES string of the molecule is CCN1CCN(C(=O)c2cc3sc(C)c(CN4CCCC4)c3[nH]2)CC1. The third-order valence-corrected chi connectivity index (χ3v) is 6.78. The number of carbonyl (C=O) groups excluding carboxylic acids is 1. The number of aromatic amines is 1. The number of likely N-dealkylation sites (N-methyl/N-ethyl adjacent to an activating group) is 1. The van der Waals surface area contributed by atoms with Gasteiger partial charge in [0.2, 0.25) is 0 Å². The molecule has 4 rings (SSSR count). The van der Waals surface area contributed by atoms with Crippen molar-refractivity contribution in [2.75, 3.05) is 45.8 Å². The number of carbonyl (C=O) groups is 1. The molecule has 1 amide bonds. The van der Waals surface area contributed by atoms with Crippen molar-refractivity contribution in [2.24, 2.45) is 0 Å². The second-order valence-electron chi connectivity index (χ2n) is 7.27. The molecule has 0 saturated carbocycles. The summed E-state index contributed by atoms with van der Waals surface area (Å²) >= 11 is 1.81. The highest BCUT2D eigenvalue weighted by Crippen LogP contribution is 2.33. The van der Waals surface area contributed by atoms with Crippen molar-refractivity contribution < 1.29 is 4.79 Å². The standard InChI is InChI=1S/C19H28N4OS/c1-3-21-8-10-23(11-9-21)19(24)16-12-17-18(20-16)15(14(2)25-17)13-22-6-4-5-7-22/h12,20H,3-11,13H2,1-2H3. The number of rotatable bonds is 4.